The number of hydrogen-bond donors (Lipinski definition) is 1. The summed E-state index contributed by atoms with van der Waals surface area (Å²) in [4.78, 5) is 2.44. The molecule has 0 radical (unpaired) electrons. The lowest BCUT2D eigenvalue weighted by atomic mass is 9.97. The molecule has 0 aromatic heterocycles. The van der Waals surface area contributed by atoms with Crippen LogP contribution in [0.5, 0.6) is 5.75 Å². The number of anilines is 1. The van der Waals surface area contributed by atoms with Gasteiger partial charge in [0.25, 0.3) is 0 Å². The van der Waals surface area contributed by atoms with Crippen molar-refractivity contribution >= 4 is 21.6 Å². The van der Waals surface area contributed by atoms with Crippen LogP contribution in [0.3, 0.4) is 0 Å². The normalized spacial score (nSPS) is 24.1. The number of nitrogens with one attached hydrogen (secondary N) is 1. The number of rotatable bonds is 3. The highest BCUT2D eigenvalue weighted by Crippen LogP contribution is 2.35. The average molecular weight is 313 g/mol. The molecule has 1 N–H and O–H groups in total. The Balaban J connectivity index is 2.23. The molecule has 1 saturated heterocycles. The predicted octanol–water partition coefficient (Wildman–Crippen LogP) is 3.03. The Morgan fingerprint density at radius 3 is 2.83 bits per heavy atom. The largest absolute Gasteiger partial charge is 0.495 e. The van der Waals surface area contributed by atoms with Gasteiger partial charge in [-0.2, -0.15) is 0 Å². The van der Waals surface area contributed by atoms with E-state index in [1.54, 1.807) is 7.11 Å². The van der Waals surface area contributed by atoms with E-state index in [4.69, 9.17) is 4.74 Å². The summed E-state index contributed by atoms with van der Waals surface area (Å²) in [6, 6.07) is 7.35. The van der Waals surface area contributed by atoms with E-state index in [2.05, 4.69) is 39.1 Å². The van der Waals surface area contributed by atoms with Gasteiger partial charge in [0.05, 0.1) is 12.8 Å². The summed E-state index contributed by atoms with van der Waals surface area (Å²) in [5, 5.41) is 3.38. The van der Waals surface area contributed by atoms with Crippen molar-refractivity contribution in [3.63, 3.8) is 0 Å². The highest BCUT2D eigenvalue weighted by atomic mass is 79.9. The smallest absolute Gasteiger partial charge is 0.142 e. The van der Waals surface area contributed by atoms with Crippen molar-refractivity contribution in [2.45, 2.75) is 31.8 Å². The average Bonchev–Trinajstić information content (AvgIpc) is 2.38. The lowest BCUT2D eigenvalue weighted by Gasteiger charge is -2.39. The summed E-state index contributed by atoms with van der Waals surface area (Å²) in [6.45, 7) is 3.35. The molecular formula is C14H21BrN2O. The summed E-state index contributed by atoms with van der Waals surface area (Å²) < 4.78 is 6.58. The number of benzene rings is 1. The summed E-state index contributed by atoms with van der Waals surface area (Å²) in [7, 11) is 3.78. The van der Waals surface area contributed by atoms with Gasteiger partial charge in [-0.1, -0.05) is 15.9 Å². The molecule has 4 heteroatoms. The van der Waals surface area contributed by atoms with Crippen LogP contribution in [0.1, 0.15) is 19.8 Å². The second kappa shape index (κ2) is 5.93. The monoisotopic (exact) mass is 312 g/mol. The molecule has 100 valence electrons. The van der Waals surface area contributed by atoms with Crippen LogP contribution in [0.15, 0.2) is 22.7 Å². The topological polar surface area (TPSA) is 24.5 Å². The highest BCUT2D eigenvalue weighted by Gasteiger charge is 2.26. The fourth-order valence-corrected chi connectivity index (χ4v) is 3.03. The number of hydrogen-bond acceptors (Lipinski definition) is 3. The fraction of sp³-hybridized carbons (Fsp3) is 0.571. The third kappa shape index (κ3) is 2.81. The zero-order chi connectivity index (χ0) is 13.1. The van der Waals surface area contributed by atoms with E-state index < -0.39 is 0 Å². The molecule has 1 heterocycles. The van der Waals surface area contributed by atoms with E-state index in [-0.39, 0.29) is 0 Å². The second-order valence-corrected chi connectivity index (χ2v) is 5.78. The molecule has 2 atom stereocenters. The lowest BCUT2D eigenvalue weighted by molar-refractivity contribution is 0.376. The molecule has 1 aromatic carbocycles. The second-order valence-electron chi connectivity index (χ2n) is 4.87. The van der Waals surface area contributed by atoms with Crippen LogP contribution >= 0.6 is 15.9 Å². The maximum absolute atomic E-state index is 5.48. The molecule has 0 saturated carbocycles. The molecule has 0 aliphatic carbocycles. The minimum atomic E-state index is 0.527. The summed E-state index contributed by atoms with van der Waals surface area (Å²) in [6.07, 6.45) is 2.35. The standard InChI is InChI=1S/C14H21BrN2O/c1-10-8-12(16-2)6-7-17(10)13-9-11(15)4-5-14(13)18-3/h4-5,9-10,12,16H,6-8H2,1-3H3. The zero-order valence-electron chi connectivity index (χ0n) is 11.2. The maximum Gasteiger partial charge on any atom is 0.142 e. The first-order valence-corrected chi connectivity index (χ1v) is 7.22. The molecular weight excluding hydrogens is 292 g/mol. The van der Waals surface area contributed by atoms with Crippen LogP contribution in [-0.4, -0.2) is 32.8 Å². The summed E-state index contributed by atoms with van der Waals surface area (Å²) >= 11 is 3.54. The third-order valence-corrected chi connectivity index (χ3v) is 4.23. The van der Waals surface area contributed by atoms with Crippen molar-refractivity contribution in [3.8, 4) is 5.75 Å². The Bertz CT molecular complexity index is 411. The fourth-order valence-electron chi connectivity index (χ4n) is 2.68. The molecule has 0 bridgehead atoms. The molecule has 1 aromatic rings. The van der Waals surface area contributed by atoms with Crippen LogP contribution in [0.4, 0.5) is 5.69 Å². The van der Waals surface area contributed by atoms with Crippen LogP contribution in [-0.2, 0) is 0 Å². The predicted molar refractivity (Wildman–Crippen MR) is 79.6 cm³/mol. The number of methoxy groups -OCH3 is 1. The first-order valence-electron chi connectivity index (χ1n) is 6.43. The van der Waals surface area contributed by atoms with Gasteiger partial charge in [0.2, 0.25) is 0 Å². The Labute approximate surface area is 118 Å². The molecule has 3 nitrogen and oxygen atoms in total. The van der Waals surface area contributed by atoms with Crippen LogP contribution in [0.2, 0.25) is 0 Å². The SMILES string of the molecule is CNC1CCN(c2cc(Br)ccc2OC)C(C)C1. The minimum Gasteiger partial charge on any atom is -0.495 e. The number of ether oxygens (including phenoxy) is 1. The van der Waals surface area contributed by atoms with Crippen molar-refractivity contribution in [2.24, 2.45) is 0 Å². The summed E-state index contributed by atoms with van der Waals surface area (Å²) in [5.74, 6) is 0.952. The molecule has 2 rings (SSSR count). The van der Waals surface area contributed by atoms with Gasteiger partial charge < -0.3 is 15.0 Å². The van der Waals surface area contributed by atoms with Gasteiger partial charge in [-0.3, -0.25) is 0 Å². The van der Waals surface area contributed by atoms with Crippen molar-refractivity contribution in [2.75, 3.05) is 25.6 Å². The van der Waals surface area contributed by atoms with Gasteiger partial charge >= 0.3 is 0 Å². The van der Waals surface area contributed by atoms with E-state index in [0.717, 1.165) is 16.8 Å². The van der Waals surface area contributed by atoms with Crippen molar-refractivity contribution in [1.82, 2.24) is 5.32 Å². The minimum absolute atomic E-state index is 0.527. The molecule has 0 spiro atoms. The van der Waals surface area contributed by atoms with E-state index in [9.17, 15) is 0 Å². The highest BCUT2D eigenvalue weighted by molar-refractivity contribution is 9.10. The van der Waals surface area contributed by atoms with Crippen LogP contribution < -0.4 is 15.0 Å². The van der Waals surface area contributed by atoms with Gasteiger partial charge in [0.15, 0.2) is 0 Å². The molecule has 1 aliphatic rings. The Morgan fingerprint density at radius 2 is 2.22 bits per heavy atom. The zero-order valence-corrected chi connectivity index (χ0v) is 12.8. The Kier molecular flexibility index (Phi) is 4.51. The van der Waals surface area contributed by atoms with Crippen molar-refractivity contribution < 1.29 is 4.74 Å². The van der Waals surface area contributed by atoms with Gasteiger partial charge in [0.1, 0.15) is 5.75 Å². The lowest BCUT2D eigenvalue weighted by Crippen LogP contribution is -2.46. The number of piperidine rings is 1. The van der Waals surface area contributed by atoms with E-state index in [1.807, 2.05) is 19.2 Å². The summed E-state index contributed by atoms with van der Waals surface area (Å²) in [5.41, 5.74) is 1.19. The van der Waals surface area contributed by atoms with Crippen molar-refractivity contribution in [1.29, 1.82) is 0 Å². The van der Waals surface area contributed by atoms with Crippen LogP contribution in [0, 0.1) is 0 Å². The molecule has 1 aliphatic heterocycles. The third-order valence-electron chi connectivity index (χ3n) is 3.73. The molecule has 2 unspecified atom stereocenters. The van der Waals surface area contributed by atoms with E-state index in [0.29, 0.717) is 12.1 Å². The van der Waals surface area contributed by atoms with Gasteiger partial charge in [-0.25, -0.2) is 0 Å². The Morgan fingerprint density at radius 1 is 1.44 bits per heavy atom. The first-order chi connectivity index (χ1) is 8.65. The molecule has 0 amide bonds. The quantitative estimate of drug-likeness (QED) is 0.928. The van der Waals surface area contributed by atoms with Gasteiger partial charge in [-0.15, -0.1) is 0 Å². The molecule has 18 heavy (non-hydrogen) atoms. The van der Waals surface area contributed by atoms with E-state index in [1.165, 1.54) is 18.5 Å². The van der Waals surface area contributed by atoms with Crippen molar-refractivity contribution in [3.05, 3.63) is 22.7 Å². The van der Waals surface area contributed by atoms with Gasteiger partial charge in [0, 0.05) is 23.1 Å². The van der Waals surface area contributed by atoms with E-state index >= 15 is 0 Å². The number of nitrogens with zero attached hydrogens (tertiary/aromatic N) is 1. The first kappa shape index (κ1) is 13.7. The molecule has 1 fully saturated rings. The van der Waals surface area contributed by atoms with Gasteiger partial charge in [-0.05, 0) is 45.0 Å². The maximum atomic E-state index is 5.48. The van der Waals surface area contributed by atoms with Crippen LogP contribution in [0.25, 0.3) is 0 Å². The number of halogens is 1. The Hall–Kier alpha value is -0.740.